The number of benzene rings is 1. The smallest absolute Gasteiger partial charge is 0.303 e. The van der Waals surface area contributed by atoms with Crippen LogP contribution in [0.25, 0.3) is 11.3 Å². The summed E-state index contributed by atoms with van der Waals surface area (Å²) in [5.41, 5.74) is 1.08. The van der Waals surface area contributed by atoms with Crippen LogP contribution in [0.15, 0.2) is 36.5 Å². The number of amides is 1. The van der Waals surface area contributed by atoms with Gasteiger partial charge in [0.25, 0.3) is 0 Å². The summed E-state index contributed by atoms with van der Waals surface area (Å²) in [5, 5.41) is 15.3. The number of hydrogen-bond acceptors (Lipinski definition) is 8. The fourth-order valence-electron chi connectivity index (χ4n) is 4.43. The van der Waals surface area contributed by atoms with Crippen LogP contribution in [-0.2, 0) is 19.1 Å². The Kier molecular flexibility index (Phi) is 6.99. The van der Waals surface area contributed by atoms with E-state index in [0.29, 0.717) is 19.2 Å². The highest BCUT2D eigenvalue weighted by Crippen LogP contribution is 2.30. The minimum absolute atomic E-state index is 0.0777. The summed E-state index contributed by atoms with van der Waals surface area (Å²) in [6.45, 7) is 4.25. The quantitative estimate of drug-likeness (QED) is 0.504. The Morgan fingerprint density at radius 1 is 1.09 bits per heavy atom. The van der Waals surface area contributed by atoms with Crippen LogP contribution in [0.5, 0.6) is 5.75 Å². The molecule has 0 saturated carbocycles. The van der Waals surface area contributed by atoms with Crippen molar-refractivity contribution >= 4 is 17.8 Å². The summed E-state index contributed by atoms with van der Waals surface area (Å²) in [7, 11) is 1.62. The molecule has 182 valence electrons. The van der Waals surface area contributed by atoms with Crippen LogP contribution in [0.4, 0.5) is 5.95 Å². The topological polar surface area (TPSA) is 132 Å². The predicted octanol–water partition coefficient (Wildman–Crippen LogP) is 2.11. The maximum absolute atomic E-state index is 12.5. The van der Waals surface area contributed by atoms with Crippen molar-refractivity contribution in [2.75, 3.05) is 25.6 Å². The zero-order chi connectivity index (χ0) is 24.3. The van der Waals surface area contributed by atoms with Crippen molar-refractivity contribution in [1.82, 2.24) is 15.3 Å². The van der Waals surface area contributed by atoms with Crippen molar-refractivity contribution in [3.8, 4) is 17.0 Å². The van der Waals surface area contributed by atoms with Gasteiger partial charge in [0.1, 0.15) is 18.0 Å². The molecule has 3 N–H and O–H groups in total. The molecule has 4 rings (SSSR count). The number of carboxylic acids is 1. The number of hydrogen-bond donors (Lipinski definition) is 3. The van der Waals surface area contributed by atoms with Crippen LogP contribution in [0.1, 0.15) is 26.7 Å². The molecular formula is C24H30N4O6. The summed E-state index contributed by atoms with van der Waals surface area (Å²) in [4.78, 5) is 32.5. The van der Waals surface area contributed by atoms with E-state index in [2.05, 4.69) is 20.6 Å². The van der Waals surface area contributed by atoms with E-state index in [9.17, 15) is 9.59 Å². The Morgan fingerprint density at radius 2 is 1.76 bits per heavy atom. The lowest BCUT2D eigenvalue weighted by atomic mass is 9.85. The summed E-state index contributed by atoms with van der Waals surface area (Å²) in [5.74, 6) is 0.106. The molecule has 0 bridgehead atoms. The van der Waals surface area contributed by atoms with Crippen LogP contribution < -0.4 is 15.4 Å². The standard InChI is InChI=1S/C24H30N4O6/c1-24(2,11-20(30)31)10-19(29)26-17-12-33-22-18(13-34-21(17)22)28-23-25-9-8-16(27-23)14-4-6-15(32-3)7-5-14/h4-9,17-18,21-22H,10-13H2,1-3H3,(H,26,29)(H,30,31)(H,25,27,28)/t17-,18-,21+,22+/m0/s1. The van der Waals surface area contributed by atoms with E-state index in [1.54, 1.807) is 27.2 Å². The maximum atomic E-state index is 12.5. The number of carbonyl (C=O) groups excluding carboxylic acids is 1. The number of nitrogens with one attached hydrogen (secondary N) is 2. The molecule has 2 aliphatic rings. The molecule has 2 aliphatic heterocycles. The first-order chi connectivity index (χ1) is 16.2. The number of anilines is 1. The summed E-state index contributed by atoms with van der Waals surface area (Å²) < 4.78 is 17.1. The third kappa shape index (κ3) is 5.63. The van der Waals surface area contributed by atoms with Gasteiger partial charge < -0.3 is 30.0 Å². The Labute approximate surface area is 198 Å². The van der Waals surface area contributed by atoms with Crippen molar-refractivity contribution in [1.29, 1.82) is 0 Å². The lowest BCUT2D eigenvalue weighted by Gasteiger charge is -2.24. The lowest BCUT2D eigenvalue weighted by molar-refractivity contribution is -0.139. The summed E-state index contributed by atoms with van der Waals surface area (Å²) in [6, 6.07) is 9.01. The van der Waals surface area contributed by atoms with Crippen LogP contribution >= 0.6 is 0 Å². The molecule has 1 aromatic carbocycles. The Morgan fingerprint density at radius 3 is 2.44 bits per heavy atom. The summed E-state index contributed by atoms with van der Waals surface area (Å²) >= 11 is 0. The molecule has 1 amide bonds. The van der Waals surface area contributed by atoms with Crippen LogP contribution in [0.3, 0.4) is 0 Å². The molecule has 0 aliphatic carbocycles. The van der Waals surface area contributed by atoms with Gasteiger partial charge in [0.15, 0.2) is 0 Å². The molecule has 2 saturated heterocycles. The molecule has 10 nitrogen and oxygen atoms in total. The fraction of sp³-hybridized carbons (Fsp3) is 0.500. The van der Waals surface area contributed by atoms with Crippen molar-refractivity contribution in [2.24, 2.45) is 5.41 Å². The van der Waals surface area contributed by atoms with E-state index in [4.69, 9.17) is 19.3 Å². The van der Waals surface area contributed by atoms with Gasteiger partial charge in [-0.25, -0.2) is 9.97 Å². The van der Waals surface area contributed by atoms with E-state index in [0.717, 1.165) is 17.0 Å². The van der Waals surface area contributed by atoms with Crippen molar-refractivity contribution in [2.45, 2.75) is 51.0 Å². The van der Waals surface area contributed by atoms with Crippen LogP contribution in [0.2, 0.25) is 0 Å². The Balaban J connectivity index is 1.35. The van der Waals surface area contributed by atoms with Crippen molar-refractivity contribution in [3.63, 3.8) is 0 Å². The molecule has 4 atom stereocenters. The average molecular weight is 471 g/mol. The number of carbonyl (C=O) groups is 2. The maximum Gasteiger partial charge on any atom is 0.303 e. The van der Waals surface area contributed by atoms with E-state index in [1.165, 1.54) is 0 Å². The van der Waals surface area contributed by atoms with Gasteiger partial charge >= 0.3 is 5.97 Å². The van der Waals surface area contributed by atoms with Gasteiger partial charge in [-0.2, -0.15) is 0 Å². The molecule has 0 unspecified atom stereocenters. The fourth-order valence-corrected chi connectivity index (χ4v) is 4.43. The number of aromatic nitrogens is 2. The minimum Gasteiger partial charge on any atom is -0.497 e. The van der Waals surface area contributed by atoms with Gasteiger partial charge in [-0.1, -0.05) is 13.8 Å². The third-order valence-electron chi connectivity index (χ3n) is 6.02. The lowest BCUT2D eigenvalue weighted by Crippen LogP contribution is -2.45. The van der Waals surface area contributed by atoms with Crippen LogP contribution in [-0.4, -0.2) is 71.6 Å². The minimum atomic E-state index is -0.923. The van der Waals surface area contributed by atoms with Gasteiger partial charge in [0.2, 0.25) is 11.9 Å². The normalized spacial score (nSPS) is 23.9. The van der Waals surface area contributed by atoms with E-state index in [1.807, 2.05) is 30.3 Å². The number of fused-ring (bicyclic) bond motifs is 1. The van der Waals surface area contributed by atoms with Gasteiger partial charge in [-0.05, 0) is 35.7 Å². The molecule has 2 aromatic rings. The second kappa shape index (κ2) is 9.94. The van der Waals surface area contributed by atoms with E-state index < -0.39 is 11.4 Å². The van der Waals surface area contributed by atoms with Gasteiger partial charge in [-0.3, -0.25) is 9.59 Å². The van der Waals surface area contributed by atoms with Crippen molar-refractivity contribution in [3.05, 3.63) is 36.5 Å². The van der Waals surface area contributed by atoms with E-state index in [-0.39, 0.29) is 43.0 Å². The second-order valence-corrected chi connectivity index (χ2v) is 9.43. The molecule has 0 spiro atoms. The van der Waals surface area contributed by atoms with Gasteiger partial charge in [0, 0.05) is 18.2 Å². The van der Waals surface area contributed by atoms with Gasteiger partial charge in [-0.15, -0.1) is 0 Å². The predicted molar refractivity (Wildman–Crippen MR) is 123 cm³/mol. The second-order valence-electron chi connectivity index (χ2n) is 9.43. The number of aliphatic carboxylic acids is 1. The number of nitrogens with zero attached hydrogens (tertiary/aromatic N) is 2. The monoisotopic (exact) mass is 470 g/mol. The zero-order valence-electron chi connectivity index (χ0n) is 19.5. The first-order valence-electron chi connectivity index (χ1n) is 11.2. The number of methoxy groups -OCH3 is 1. The zero-order valence-corrected chi connectivity index (χ0v) is 19.5. The molecular weight excluding hydrogens is 440 g/mol. The molecule has 0 radical (unpaired) electrons. The largest absolute Gasteiger partial charge is 0.497 e. The number of rotatable bonds is 9. The average Bonchev–Trinajstić information content (AvgIpc) is 3.36. The molecule has 10 heteroatoms. The highest BCUT2D eigenvalue weighted by Gasteiger charge is 2.48. The molecule has 34 heavy (non-hydrogen) atoms. The SMILES string of the molecule is COc1ccc(-c2ccnc(N[C@H]3CO[C@H]4[C@@H]3OC[C@@H]4NC(=O)CC(C)(C)CC(=O)O)n2)cc1. The molecule has 1 aromatic heterocycles. The third-order valence-corrected chi connectivity index (χ3v) is 6.02. The van der Waals surface area contributed by atoms with E-state index >= 15 is 0 Å². The number of ether oxygens (including phenoxy) is 3. The van der Waals surface area contributed by atoms with Gasteiger partial charge in [0.05, 0.1) is 44.5 Å². The highest BCUT2D eigenvalue weighted by molar-refractivity contribution is 5.78. The molecule has 2 fully saturated rings. The number of carboxylic acid groups (broad SMARTS) is 1. The Hall–Kier alpha value is -3.24. The first-order valence-corrected chi connectivity index (χ1v) is 11.2. The van der Waals surface area contributed by atoms with Crippen molar-refractivity contribution < 1.29 is 28.9 Å². The summed E-state index contributed by atoms with van der Waals surface area (Å²) in [6.07, 6.45) is 1.17. The Bertz CT molecular complexity index is 1030. The highest BCUT2D eigenvalue weighted by atomic mass is 16.6. The first kappa shape index (κ1) is 23.9. The van der Waals surface area contributed by atoms with Crippen LogP contribution in [0, 0.1) is 5.41 Å². The molecule has 3 heterocycles.